The Bertz CT molecular complexity index is 542. The second kappa shape index (κ2) is 5.13. The van der Waals surface area contributed by atoms with E-state index in [0.29, 0.717) is 23.9 Å². The van der Waals surface area contributed by atoms with Gasteiger partial charge in [-0.3, -0.25) is 4.79 Å². The summed E-state index contributed by atoms with van der Waals surface area (Å²) in [6, 6.07) is 9.04. The topological polar surface area (TPSA) is 55.1 Å². The molecule has 0 saturated heterocycles. The molecule has 0 aliphatic heterocycles. The first-order chi connectivity index (χ1) is 10.2. The van der Waals surface area contributed by atoms with Gasteiger partial charge in [-0.15, -0.1) is 0 Å². The molecule has 3 atom stereocenters. The van der Waals surface area contributed by atoms with Gasteiger partial charge in [0.25, 0.3) is 0 Å². The minimum atomic E-state index is 0.0810. The average molecular weight is 284 g/mol. The lowest BCUT2D eigenvalue weighted by molar-refractivity contribution is -0.125. The van der Waals surface area contributed by atoms with Gasteiger partial charge in [-0.2, -0.15) is 0 Å². The first-order valence-corrected chi connectivity index (χ1v) is 8.36. The molecular weight excluding hydrogens is 260 g/mol. The van der Waals surface area contributed by atoms with Crippen LogP contribution in [0.2, 0.25) is 0 Å². The Balaban J connectivity index is 1.46. The molecule has 0 heterocycles. The van der Waals surface area contributed by atoms with E-state index in [-0.39, 0.29) is 11.8 Å². The molecule has 3 nitrogen and oxygen atoms in total. The average Bonchev–Trinajstić information content (AvgIpc) is 2.41. The number of rotatable bonds is 2. The van der Waals surface area contributed by atoms with Crippen molar-refractivity contribution in [1.82, 2.24) is 5.32 Å². The van der Waals surface area contributed by atoms with Gasteiger partial charge in [0.05, 0.1) is 5.92 Å². The summed E-state index contributed by atoms with van der Waals surface area (Å²) in [5.74, 6) is 1.53. The Morgan fingerprint density at radius 2 is 1.86 bits per heavy atom. The second-order valence-corrected chi connectivity index (χ2v) is 7.17. The number of nitrogens with two attached hydrogens (primary N) is 1. The van der Waals surface area contributed by atoms with Gasteiger partial charge in [0.15, 0.2) is 0 Å². The monoisotopic (exact) mass is 284 g/mol. The molecule has 3 unspecified atom stereocenters. The summed E-state index contributed by atoms with van der Waals surface area (Å²) in [4.78, 5) is 12.6. The maximum absolute atomic E-state index is 12.6. The Morgan fingerprint density at radius 3 is 2.57 bits per heavy atom. The Hall–Kier alpha value is -1.35. The number of carbonyl (C=O) groups is 1. The molecule has 1 aromatic carbocycles. The Morgan fingerprint density at radius 1 is 1.14 bits per heavy atom. The zero-order chi connectivity index (χ0) is 14.4. The van der Waals surface area contributed by atoms with Crippen LogP contribution in [0.5, 0.6) is 0 Å². The summed E-state index contributed by atoms with van der Waals surface area (Å²) in [5.41, 5.74) is 8.73. The van der Waals surface area contributed by atoms with Crippen LogP contribution in [0.15, 0.2) is 24.3 Å². The normalized spacial score (nSPS) is 37.3. The highest BCUT2D eigenvalue weighted by Crippen LogP contribution is 2.41. The van der Waals surface area contributed by atoms with Gasteiger partial charge in [0.1, 0.15) is 0 Å². The molecule has 3 aliphatic rings. The van der Waals surface area contributed by atoms with Crippen molar-refractivity contribution in [3.05, 3.63) is 35.4 Å². The van der Waals surface area contributed by atoms with Gasteiger partial charge < -0.3 is 11.1 Å². The molecule has 21 heavy (non-hydrogen) atoms. The van der Waals surface area contributed by atoms with E-state index in [9.17, 15) is 4.79 Å². The number of carbonyl (C=O) groups excluding carboxylic acids is 1. The van der Waals surface area contributed by atoms with E-state index >= 15 is 0 Å². The van der Waals surface area contributed by atoms with E-state index in [1.807, 2.05) is 6.07 Å². The molecule has 2 saturated carbocycles. The molecule has 0 spiro atoms. The van der Waals surface area contributed by atoms with Crippen LogP contribution in [0.25, 0.3) is 0 Å². The zero-order valence-corrected chi connectivity index (χ0v) is 12.4. The molecule has 2 bridgehead atoms. The molecule has 3 heteroatoms. The van der Waals surface area contributed by atoms with Gasteiger partial charge in [-0.1, -0.05) is 30.7 Å². The van der Waals surface area contributed by atoms with Crippen molar-refractivity contribution in [2.24, 2.45) is 17.6 Å². The van der Waals surface area contributed by atoms with Crippen molar-refractivity contribution >= 4 is 5.91 Å². The van der Waals surface area contributed by atoms with Crippen molar-refractivity contribution in [2.45, 2.75) is 56.5 Å². The first kappa shape index (κ1) is 13.3. The number of hydrogen-bond acceptors (Lipinski definition) is 2. The highest BCUT2D eigenvalue weighted by Gasteiger charge is 2.41. The third-order valence-electron chi connectivity index (χ3n) is 5.86. The second-order valence-electron chi connectivity index (χ2n) is 7.17. The third kappa shape index (κ3) is 2.28. The van der Waals surface area contributed by atoms with Crippen molar-refractivity contribution < 1.29 is 4.79 Å². The highest BCUT2D eigenvalue weighted by molar-refractivity contribution is 5.87. The lowest BCUT2D eigenvalue weighted by atomic mass is 9.66. The Labute approximate surface area is 126 Å². The SMILES string of the molecule is NC1CC2CCCC(C1)C2NC(=O)C1Cc2ccccc21. The lowest BCUT2D eigenvalue weighted by Gasteiger charge is -2.46. The number of benzene rings is 1. The van der Waals surface area contributed by atoms with Crippen molar-refractivity contribution in [3.8, 4) is 0 Å². The van der Waals surface area contributed by atoms with Crippen LogP contribution in [0, 0.1) is 11.8 Å². The predicted octanol–water partition coefficient (Wildman–Crippen LogP) is 2.35. The number of amides is 1. The van der Waals surface area contributed by atoms with Gasteiger partial charge in [0, 0.05) is 12.1 Å². The van der Waals surface area contributed by atoms with E-state index in [2.05, 4.69) is 23.5 Å². The molecule has 0 radical (unpaired) electrons. The summed E-state index contributed by atoms with van der Waals surface area (Å²) in [6.07, 6.45) is 6.85. The molecule has 3 N–H and O–H groups in total. The lowest BCUT2D eigenvalue weighted by Crippen LogP contribution is -2.55. The van der Waals surface area contributed by atoms with Crippen LogP contribution in [0.3, 0.4) is 0 Å². The molecule has 112 valence electrons. The summed E-state index contributed by atoms with van der Waals surface area (Å²) in [6.45, 7) is 0. The van der Waals surface area contributed by atoms with E-state index in [4.69, 9.17) is 5.73 Å². The Kier molecular flexibility index (Phi) is 3.26. The molecule has 0 aromatic heterocycles. The largest absolute Gasteiger partial charge is 0.352 e. The van der Waals surface area contributed by atoms with E-state index in [1.54, 1.807) is 0 Å². The number of hydrogen-bond donors (Lipinski definition) is 2. The van der Waals surface area contributed by atoms with Gasteiger partial charge in [-0.25, -0.2) is 0 Å². The fourth-order valence-electron chi connectivity index (χ4n) is 4.78. The van der Waals surface area contributed by atoms with Gasteiger partial charge in [-0.05, 0) is 55.1 Å². The van der Waals surface area contributed by atoms with Crippen molar-refractivity contribution in [3.63, 3.8) is 0 Å². The summed E-state index contributed by atoms with van der Waals surface area (Å²) >= 11 is 0. The smallest absolute Gasteiger partial charge is 0.228 e. The molecular formula is C18H24N2O. The number of nitrogens with one attached hydrogen (secondary N) is 1. The standard InChI is InChI=1S/C18H24N2O/c19-14-8-12-5-3-6-13(9-14)17(12)20-18(21)16-10-11-4-1-2-7-15(11)16/h1-2,4,7,12-14,16-17H,3,5-6,8-10,19H2,(H,20,21). The maximum atomic E-state index is 12.6. The van der Waals surface area contributed by atoms with Crippen LogP contribution >= 0.6 is 0 Å². The minimum absolute atomic E-state index is 0.0810. The van der Waals surface area contributed by atoms with E-state index < -0.39 is 0 Å². The fourth-order valence-corrected chi connectivity index (χ4v) is 4.78. The molecule has 1 amide bonds. The van der Waals surface area contributed by atoms with E-state index in [1.165, 1.54) is 30.4 Å². The zero-order valence-electron chi connectivity index (χ0n) is 12.4. The highest BCUT2D eigenvalue weighted by atomic mass is 16.2. The van der Waals surface area contributed by atoms with Crippen molar-refractivity contribution in [1.29, 1.82) is 0 Å². The molecule has 1 aromatic rings. The van der Waals surface area contributed by atoms with Crippen LogP contribution in [-0.2, 0) is 11.2 Å². The van der Waals surface area contributed by atoms with Crippen LogP contribution < -0.4 is 11.1 Å². The molecule has 2 fully saturated rings. The minimum Gasteiger partial charge on any atom is -0.352 e. The predicted molar refractivity (Wildman–Crippen MR) is 82.9 cm³/mol. The van der Waals surface area contributed by atoms with Crippen LogP contribution in [-0.4, -0.2) is 18.0 Å². The van der Waals surface area contributed by atoms with Crippen molar-refractivity contribution in [2.75, 3.05) is 0 Å². The van der Waals surface area contributed by atoms with Gasteiger partial charge >= 0.3 is 0 Å². The molecule has 4 rings (SSSR count). The van der Waals surface area contributed by atoms with Crippen LogP contribution in [0.1, 0.15) is 49.1 Å². The van der Waals surface area contributed by atoms with E-state index in [0.717, 1.165) is 19.3 Å². The fraction of sp³-hybridized carbons (Fsp3) is 0.611. The summed E-state index contributed by atoms with van der Waals surface area (Å²) < 4.78 is 0. The first-order valence-electron chi connectivity index (χ1n) is 8.36. The van der Waals surface area contributed by atoms with Crippen LogP contribution in [0.4, 0.5) is 0 Å². The molecule has 3 aliphatic carbocycles. The van der Waals surface area contributed by atoms with Gasteiger partial charge in [0.2, 0.25) is 5.91 Å². The maximum Gasteiger partial charge on any atom is 0.228 e. The third-order valence-corrected chi connectivity index (χ3v) is 5.86. The summed E-state index contributed by atoms with van der Waals surface area (Å²) in [7, 11) is 0. The summed E-state index contributed by atoms with van der Waals surface area (Å²) in [5, 5.41) is 3.39. The number of fused-ring (bicyclic) bond motifs is 3. The quantitative estimate of drug-likeness (QED) is 0.876.